The maximum atomic E-state index is 14.0. The van der Waals surface area contributed by atoms with E-state index in [-0.39, 0.29) is 11.9 Å². The number of hydrogen-bond donors (Lipinski definition) is 1. The summed E-state index contributed by atoms with van der Waals surface area (Å²) < 4.78 is 15.1. The number of rotatable bonds is 5. The van der Waals surface area contributed by atoms with Gasteiger partial charge in [0.25, 0.3) is 0 Å². The van der Waals surface area contributed by atoms with Crippen LogP contribution in [0.1, 0.15) is 29.0 Å². The minimum Gasteiger partial charge on any atom is -0.310 e. The molecule has 0 bridgehead atoms. The fourth-order valence-corrected chi connectivity index (χ4v) is 3.63. The molecule has 0 fully saturated rings. The predicted octanol–water partition coefficient (Wildman–Crippen LogP) is 4.85. The minimum absolute atomic E-state index is 0.0236. The second-order valence-corrected chi connectivity index (χ2v) is 6.48. The molecule has 0 radical (unpaired) electrons. The molecule has 0 aliphatic rings. The SMILES string of the molecule is CCNC(Cc1cc(Br)cs1)c1cc(C)ccc1F. The molecule has 0 saturated heterocycles. The van der Waals surface area contributed by atoms with Crippen molar-refractivity contribution in [3.8, 4) is 0 Å². The average molecular weight is 342 g/mol. The highest BCUT2D eigenvalue weighted by Gasteiger charge is 2.16. The zero-order valence-corrected chi connectivity index (χ0v) is 13.4. The number of benzene rings is 1. The summed E-state index contributed by atoms with van der Waals surface area (Å²) in [5.74, 6) is -0.132. The maximum Gasteiger partial charge on any atom is 0.128 e. The van der Waals surface area contributed by atoms with E-state index in [1.54, 1.807) is 17.4 Å². The van der Waals surface area contributed by atoms with Gasteiger partial charge < -0.3 is 5.32 Å². The second-order valence-electron chi connectivity index (χ2n) is 4.57. The molecule has 4 heteroatoms. The Bertz CT molecular complexity index is 553. The van der Waals surface area contributed by atoms with E-state index in [1.807, 2.05) is 26.0 Å². The van der Waals surface area contributed by atoms with Crippen LogP contribution in [0.15, 0.2) is 34.1 Å². The summed E-state index contributed by atoms with van der Waals surface area (Å²) in [6.45, 7) is 4.86. The summed E-state index contributed by atoms with van der Waals surface area (Å²) >= 11 is 5.16. The van der Waals surface area contributed by atoms with E-state index in [1.165, 1.54) is 4.88 Å². The Morgan fingerprint density at radius 2 is 2.16 bits per heavy atom. The highest BCUT2D eigenvalue weighted by atomic mass is 79.9. The molecule has 2 rings (SSSR count). The van der Waals surface area contributed by atoms with Gasteiger partial charge >= 0.3 is 0 Å². The van der Waals surface area contributed by atoms with Gasteiger partial charge in [-0.2, -0.15) is 0 Å². The summed E-state index contributed by atoms with van der Waals surface area (Å²) in [5, 5.41) is 5.44. The highest BCUT2D eigenvalue weighted by Crippen LogP contribution is 2.27. The van der Waals surface area contributed by atoms with E-state index in [0.717, 1.165) is 28.6 Å². The lowest BCUT2D eigenvalue weighted by atomic mass is 10.00. The third-order valence-corrected chi connectivity index (χ3v) is 4.72. The molecule has 102 valence electrons. The molecule has 1 unspecified atom stereocenters. The zero-order chi connectivity index (χ0) is 13.8. The van der Waals surface area contributed by atoms with Gasteiger partial charge in [0.05, 0.1) is 0 Å². The maximum absolute atomic E-state index is 14.0. The third kappa shape index (κ3) is 3.88. The number of nitrogens with one attached hydrogen (secondary N) is 1. The fourth-order valence-electron chi connectivity index (χ4n) is 2.13. The van der Waals surface area contributed by atoms with Crippen LogP contribution in [0.5, 0.6) is 0 Å². The van der Waals surface area contributed by atoms with Crippen molar-refractivity contribution in [2.45, 2.75) is 26.3 Å². The van der Waals surface area contributed by atoms with Gasteiger partial charge in [-0.1, -0.05) is 24.6 Å². The number of hydrogen-bond acceptors (Lipinski definition) is 2. The molecular weight excluding hydrogens is 325 g/mol. The highest BCUT2D eigenvalue weighted by molar-refractivity contribution is 9.10. The molecule has 0 spiro atoms. The van der Waals surface area contributed by atoms with Crippen molar-refractivity contribution in [1.29, 1.82) is 0 Å². The first-order chi connectivity index (χ1) is 9.10. The average Bonchev–Trinajstić information content (AvgIpc) is 2.77. The summed E-state index contributed by atoms with van der Waals surface area (Å²) in [7, 11) is 0. The van der Waals surface area contributed by atoms with Crippen LogP contribution < -0.4 is 5.32 Å². The molecule has 1 atom stereocenters. The van der Waals surface area contributed by atoms with Crippen molar-refractivity contribution < 1.29 is 4.39 Å². The summed E-state index contributed by atoms with van der Waals surface area (Å²) in [4.78, 5) is 1.25. The number of likely N-dealkylation sites (N-methyl/N-ethyl adjacent to an activating group) is 1. The van der Waals surface area contributed by atoms with E-state index in [9.17, 15) is 4.39 Å². The van der Waals surface area contributed by atoms with Crippen LogP contribution in [0.3, 0.4) is 0 Å². The quantitative estimate of drug-likeness (QED) is 0.819. The predicted molar refractivity (Wildman–Crippen MR) is 83.3 cm³/mol. The minimum atomic E-state index is -0.132. The smallest absolute Gasteiger partial charge is 0.128 e. The lowest BCUT2D eigenvalue weighted by molar-refractivity contribution is 0.512. The van der Waals surface area contributed by atoms with Crippen LogP contribution in [-0.2, 0) is 6.42 Å². The van der Waals surface area contributed by atoms with E-state index >= 15 is 0 Å². The van der Waals surface area contributed by atoms with Crippen molar-refractivity contribution >= 4 is 27.3 Å². The molecule has 1 aromatic carbocycles. The molecule has 0 saturated carbocycles. The van der Waals surface area contributed by atoms with Crippen LogP contribution in [-0.4, -0.2) is 6.54 Å². The van der Waals surface area contributed by atoms with Gasteiger partial charge in [-0.15, -0.1) is 11.3 Å². The summed E-state index contributed by atoms with van der Waals surface area (Å²) in [5.41, 5.74) is 1.85. The normalized spacial score (nSPS) is 12.6. The van der Waals surface area contributed by atoms with Gasteiger partial charge in [0.1, 0.15) is 5.82 Å². The van der Waals surface area contributed by atoms with Gasteiger partial charge in [0.15, 0.2) is 0 Å². The molecule has 19 heavy (non-hydrogen) atoms. The standard InChI is InChI=1S/C15H17BrFNS/c1-3-18-15(8-12-7-11(16)9-19-12)13-6-10(2)4-5-14(13)17/h4-7,9,15,18H,3,8H2,1-2H3. The Balaban J connectivity index is 2.26. The first-order valence-electron chi connectivity index (χ1n) is 6.32. The van der Waals surface area contributed by atoms with E-state index in [4.69, 9.17) is 0 Å². The molecule has 2 aromatic rings. The molecule has 1 nitrogen and oxygen atoms in total. The lowest BCUT2D eigenvalue weighted by Gasteiger charge is -2.19. The fraction of sp³-hybridized carbons (Fsp3) is 0.333. The Kier molecular flexibility index (Phi) is 5.13. The number of aryl methyl sites for hydroxylation is 1. The third-order valence-electron chi connectivity index (χ3n) is 3.00. The van der Waals surface area contributed by atoms with Gasteiger partial charge in [0.2, 0.25) is 0 Å². The van der Waals surface area contributed by atoms with Crippen molar-refractivity contribution in [3.63, 3.8) is 0 Å². The monoisotopic (exact) mass is 341 g/mol. The second kappa shape index (κ2) is 6.64. The Labute approximate surface area is 126 Å². The molecular formula is C15H17BrFNS. The molecule has 1 heterocycles. The largest absolute Gasteiger partial charge is 0.310 e. The molecule has 0 aliphatic carbocycles. The first-order valence-corrected chi connectivity index (χ1v) is 7.99. The van der Waals surface area contributed by atoms with Crippen molar-refractivity contribution in [2.75, 3.05) is 6.54 Å². The number of halogens is 2. The Morgan fingerprint density at radius 3 is 2.79 bits per heavy atom. The van der Waals surface area contributed by atoms with Crippen molar-refractivity contribution in [2.24, 2.45) is 0 Å². The summed E-state index contributed by atoms with van der Waals surface area (Å²) in [6.07, 6.45) is 0.810. The van der Waals surface area contributed by atoms with Gasteiger partial charge in [0, 0.05) is 32.8 Å². The van der Waals surface area contributed by atoms with Crippen LogP contribution in [0.4, 0.5) is 4.39 Å². The van der Waals surface area contributed by atoms with Gasteiger partial charge in [-0.25, -0.2) is 4.39 Å². The molecule has 1 N–H and O–H groups in total. The van der Waals surface area contributed by atoms with Crippen LogP contribution >= 0.6 is 27.3 Å². The van der Waals surface area contributed by atoms with Gasteiger partial charge in [-0.3, -0.25) is 0 Å². The van der Waals surface area contributed by atoms with E-state index < -0.39 is 0 Å². The van der Waals surface area contributed by atoms with Crippen molar-refractivity contribution in [1.82, 2.24) is 5.32 Å². The Morgan fingerprint density at radius 1 is 1.37 bits per heavy atom. The van der Waals surface area contributed by atoms with Crippen LogP contribution in [0.2, 0.25) is 0 Å². The van der Waals surface area contributed by atoms with Crippen LogP contribution in [0, 0.1) is 12.7 Å². The van der Waals surface area contributed by atoms with Gasteiger partial charge in [-0.05, 0) is 41.5 Å². The Hall–Kier alpha value is -0.710. The topological polar surface area (TPSA) is 12.0 Å². The molecule has 1 aromatic heterocycles. The van der Waals surface area contributed by atoms with E-state index in [0.29, 0.717) is 0 Å². The van der Waals surface area contributed by atoms with Crippen molar-refractivity contribution in [3.05, 3.63) is 55.9 Å². The van der Waals surface area contributed by atoms with E-state index in [2.05, 4.69) is 32.7 Å². The first kappa shape index (κ1) is 14.7. The summed E-state index contributed by atoms with van der Waals surface area (Å²) in [6, 6.07) is 7.42. The lowest BCUT2D eigenvalue weighted by Crippen LogP contribution is -2.23. The number of thiophene rings is 1. The molecule has 0 aliphatic heterocycles. The van der Waals surface area contributed by atoms with Crippen LogP contribution in [0.25, 0.3) is 0 Å². The zero-order valence-electron chi connectivity index (χ0n) is 11.0. The molecule has 0 amide bonds.